The van der Waals surface area contributed by atoms with Gasteiger partial charge in [0.15, 0.2) is 0 Å². The first kappa shape index (κ1) is 8.39. The van der Waals surface area contributed by atoms with Gasteiger partial charge in [0.25, 0.3) is 0 Å². The van der Waals surface area contributed by atoms with Crippen molar-refractivity contribution < 1.29 is 13.2 Å². The van der Waals surface area contributed by atoms with Gasteiger partial charge in [0.05, 0.1) is 0 Å². The Hall–Kier alpha value is -0.710. The van der Waals surface area contributed by atoms with Crippen molar-refractivity contribution >= 4 is 11.8 Å². The van der Waals surface area contributed by atoms with E-state index >= 15 is 0 Å². The molecular weight excluding hydrogens is 175 g/mol. The summed E-state index contributed by atoms with van der Waals surface area (Å²) in [5, 5.41) is 0. The van der Waals surface area contributed by atoms with E-state index in [0.717, 1.165) is 0 Å². The van der Waals surface area contributed by atoms with Gasteiger partial charge >= 0.3 is 5.51 Å². The van der Waals surface area contributed by atoms with Gasteiger partial charge in [-0.05, 0) is 23.9 Å². The molecule has 0 saturated heterocycles. The minimum Gasteiger partial charge on any atom is -0.253 e. The van der Waals surface area contributed by atoms with Gasteiger partial charge in [-0.25, -0.2) is 0 Å². The summed E-state index contributed by atoms with van der Waals surface area (Å²) in [7, 11) is 0. The van der Waals surface area contributed by atoms with Crippen LogP contribution in [0.5, 0.6) is 0 Å². The van der Waals surface area contributed by atoms with Crippen LogP contribution in [0.1, 0.15) is 0 Å². The Labute approximate surface area is 65.6 Å². The molecule has 1 aromatic heterocycles. The third-order valence-corrected chi connectivity index (χ3v) is 1.49. The predicted octanol–water partition coefficient (Wildman–Crippen LogP) is 2.49. The molecule has 0 unspecified atom stereocenters. The van der Waals surface area contributed by atoms with E-state index in [0.29, 0.717) is 0 Å². The topological polar surface area (TPSA) is 12.9 Å². The molecule has 5 heteroatoms. The highest BCUT2D eigenvalue weighted by molar-refractivity contribution is 8.00. The van der Waals surface area contributed by atoms with Gasteiger partial charge in [0, 0.05) is 11.1 Å². The molecule has 1 nitrogen and oxygen atoms in total. The summed E-state index contributed by atoms with van der Waals surface area (Å²) < 4.78 is 35.0. The van der Waals surface area contributed by atoms with Crippen molar-refractivity contribution in [3.05, 3.63) is 24.5 Å². The highest BCUT2D eigenvalue weighted by Gasteiger charge is 2.29. The summed E-state index contributed by atoms with van der Waals surface area (Å²) in [6.07, 6.45) is 3.59. The molecule has 0 fully saturated rings. The molecule has 0 aliphatic carbocycles. The van der Waals surface area contributed by atoms with Crippen LogP contribution in [-0.2, 0) is 0 Å². The zero-order chi connectivity index (χ0) is 8.32. The van der Waals surface area contributed by atoms with Crippen LogP contribution in [0.15, 0.2) is 23.2 Å². The number of hydrogen-bond donors (Lipinski definition) is 0. The third-order valence-electron chi connectivity index (χ3n) is 0.809. The number of hydrogen-bond acceptors (Lipinski definition) is 2. The summed E-state index contributed by atoms with van der Waals surface area (Å²) in [6, 6.07) is 2.75. The molecule has 1 aromatic rings. The number of alkyl halides is 3. The van der Waals surface area contributed by atoms with Crippen molar-refractivity contribution in [3.8, 4) is 0 Å². The van der Waals surface area contributed by atoms with Crippen LogP contribution < -0.4 is 0 Å². The molecule has 1 rings (SSSR count). The zero-order valence-electron chi connectivity index (χ0n) is 5.22. The normalized spacial score (nSPS) is 11.5. The lowest BCUT2D eigenvalue weighted by atomic mass is 10.5. The van der Waals surface area contributed by atoms with E-state index in [-0.39, 0.29) is 16.7 Å². The summed E-state index contributed by atoms with van der Waals surface area (Å²) in [5.74, 6) is 0. The molecular formula is C6H3F3NS. The molecule has 11 heavy (non-hydrogen) atoms. The van der Waals surface area contributed by atoms with Gasteiger partial charge < -0.3 is 0 Å². The van der Waals surface area contributed by atoms with E-state index in [4.69, 9.17) is 0 Å². The third kappa shape index (κ3) is 3.27. The fraction of sp³-hybridized carbons (Fsp3) is 0.167. The standard InChI is InChI=1S/C6H3F3NS/c7-6(8,9)11-5-2-1-3-10-4-5/h1-3H. The first-order valence-electron chi connectivity index (χ1n) is 2.66. The van der Waals surface area contributed by atoms with Crippen LogP contribution in [0.4, 0.5) is 13.2 Å². The second-order valence-corrected chi connectivity index (χ2v) is 2.77. The molecule has 0 aromatic carbocycles. The Morgan fingerprint density at radius 3 is 2.64 bits per heavy atom. The molecule has 0 bridgehead atoms. The Bertz CT molecular complexity index is 221. The molecule has 0 aliphatic rings. The van der Waals surface area contributed by atoms with Crippen molar-refractivity contribution in [1.29, 1.82) is 0 Å². The molecule has 1 heterocycles. The Morgan fingerprint density at radius 2 is 2.18 bits per heavy atom. The lowest BCUT2D eigenvalue weighted by Gasteiger charge is -2.02. The molecule has 0 spiro atoms. The van der Waals surface area contributed by atoms with E-state index in [1.807, 2.05) is 0 Å². The fourth-order valence-electron chi connectivity index (χ4n) is 0.493. The molecule has 0 aliphatic heterocycles. The molecule has 1 radical (unpaired) electrons. The van der Waals surface area contributed by atoms with Gasteiger partial charge in [-0.15, -0.1) is 0 Å². The van der Waals surface area contributed by atoms with Crippen molar-refractivity contribution in [2.75, 3.05) is 0 Å². The van der Waals surface area contributed by atoms with E-state index < -0.39 is 5.51 Å². The number of halogens is 3. The maximum Gasteiger partial charge on any atom is 0.446 e. The molecule has 0 saturated carbocycles. The van der Waals surface area contributed by atoms with Crippen molar-refractivity contribution in [1.82, 2.24) is 4.98 Å². The predicted molar refractivity (Wildman–Crippen MR) is 35.0 cm³/mol. The second kappa shape index (κ2) is 3.13. The van der Waals surface area contributed by atoms with Gasteiger partial charge in [-0.2, -0.15) is 13.2 Å². The van der Waals surface area contributed by atoms with E-state index in [1.165, 1.54) is 18.3 Å². The van der Waals surface area contributed by atoms with E-state index in [1.54, 1.807) is 0 Å². The van der Waals surface area contributed by atoms with Crippen molar-refractivity contribution in [2.45, 2.75) is 10.4 Å². The Balaban J connectivity index is 2.66. The van der Waals surface area contributed by atoms with E-state index in [2.05, 4.69) is 11.2 Å². The smallest absolute Gasteiger partial charge is 0.253 e. The molecule has 59 valence electrons. The highest BCUT2D eigenvalue weighted by Crippen LogP contribution is 2.35. The van der Waals surface area contributed by atoms with Crippen LogP contribution in [-0.4, -0.2) is 10.5 Å². The minimum absolute atomic E-state index is 0.0139. The highest BCUT2D eigenvalue weighted by atomic mass is 32.2. The maximum atomic E-state index is 11.7. The van der Waals surface area contributed by atoms with Crippen LogP contribution in [0, 0.1) is 6.20 Å². The molecule has 0 atom stereocenters. The zero-order valence-corrected chi connectivity index (χ0v) is 6.04. The first-order valence-corrected chi connectivity index (χ1v) is 3.48. The summed E-state index contributed by atoms with van der Waals surface area (Å²) in [5.41, 5.74) is -4.25. The number of pyridine rings is 1. The maximum absolute atomic E-state index is 11.7. The van der Waals surface area contributed by atoms with Crippen LogP contribution in [0.3, 0.4) is 0 Å². The lowest BCUT2D eigenvalue weighted by Crippen LogP contribution is -1.98. The summed E-state index contributed by atoms with van der Waals surface area (Å²) >= 11 is -0.217. The number of nitrogens with zero attached hydrogens (tertiary/aromatic N) is 1. The fourth-order valence-corrected chi connectivity index (χ4v) is 0.987. The number of thioether (sulfide) groups is 1. The Morgan fingerprint density at radius 1 is 1.45 bits per heavy atom. The van der Waals surface area contributed by atoms with Crippen LogP contribution >= 0.6 is 11.8 Å². The van der Waals surface area contributed by atoms with Crippen LogP contribution in [0.25, 0.3) is 0 Å². The monoisotopic (exact) mass is 178 g/mol. The quantitative estimate of drug-likeness (QED) is 0.613. The Kier molecular flexibility index (Phi) is 2.38. The summed E-state index contributed by atoms with van der Waals surface area (Å²) in [4.78, 5) is 3.41. The second-order valence-electron chi connectivity index (χ2n) is 1.66. The largest absolute Gasteiger partial charge is 0.446 e. The van der Waals surface area contributed by atoms with Gasteiger partial charge in [-0.3, -0.25) is 4.98 Å². The first-order chi connectivity index (χ1) is 5.08. The van der Waals surface area contributed by atoms with Gasteiger partial charge in [0.2, 0.25) is 0 Å². The van der Waals surface area contributed by atoms with Gasteiger partial charge in [0.1, 0.15) is 6.20 Å². The number of rotatable bonds is 1. The minimum atomic E-state index is -4.25. The SMILES string of the molecule is FC(F)(F)Sc1[c]nccc1. The van der Waals surface area contributed by atoms with Gasteiger partial charge in [-0.1, -0.05) is 0 Å². The average Bonchev–Trinajstić information content (AvgIpc) is 1.85. The average molecular weight is 178 g/mol. The van der Waals surface area contributed by atoms with Crippen LogP contribution in [0.2, 0.25) is 0 Å². The lowest BCUT2D eigenvalue weighted by molar-refractivity contribution is -0.0328. The molecule has 0 N–H and O–H groups in total. The van der Waals surface area contributed by atoms with Crippen molar-refractivity contribution in [3.63, 3.8) is 0 Å². The van der Waals surface area contributed by atoms with E-state index in [9.17, 15) is 13.2 Å². The van der Waals surface area contributed by atoms with Crippen molar-refractivity contribution in [2.24, 2.45) is 0 Å². The molecule has 0 amide bonds. The number of aromatic nitrogens is 1. The summed E-state index contributed by atoms with van der Waals surface area (Å²) in [6.45, 7) is 0.